The third-order valence-electron chi connectivity index (χ3n) is 2.21. The summed E-state index contributed by atoms with van der Waals surface area (Å²) in [6.07, 6.45) is -1.90. The zero-order valence-electron chi connectivity index (χ0n) is 12.2. The molecule has 0 aliphatic carbocycles. The molecule has 22 heavy (non-hydrogen) atoms. The summed E-state index contributed by atoms with van der Waals surface area (Å²) in [6.45, 7) is 2.86. The first kappa shape index (κ1) is 17.3. The Morgan fingerprint density at radius 1 is 1.18 bits per heavy atom. The number of rotatable bonds is 6. The number of hydrogen-bond acceptors (Lipinski definition) is 6. The molecule has 0 aliphatic heterocycles. The number of carbonyl (C=O) groups is 3. The van der Waals surface area contributed by atoms with Gasteiger partial charge in [0.05, 0.1) is 6.10 Å². The maximum Gasteiger partial charge on any atom is 0.514 e. The van der Waals surface area contributed by atoms with Gasteiger partial charge in [0.1, 0.15) is 18.9 Å². The molecule has 0 bridgehead atoms. The smallest absolute Gasteiger partial charge is 0.480 e. The van der Waals surface area contributed by atoms with Crippen molar-refractivity contribution >= 4 is 18.2 Å². The van der Waals surface area contributed by atoms with Crippen molar-refractivity contribution in [3.8, 4) is 5.75 Å². The van der Waals surface area contributed by atoms with Crippen LogP contribution in [0, 0.1) is 0 Å². The molecule has 0 unspecified atom stereocenters. The number of alkyl carbamates (subject to hydrolysis) is 1. The fourth-order valence-electron chi connectivity index (χ4n) is 1.31. The molecule has 0 saturated heterocycles. The predicted molar refractivity (Wildman–Crippen MR) is 74.5 cm³/mol. The van der Waals surface area contributed by atoms with E-state index in [-0.39, 0.29) is 12.7 Å². The van der Waals surface area contributed by atoms with Crippen LogP contribution in [0.3, 0.4) is 0 Å². The van der Waals surface area contributed by atoms with Crippen molar-refractivity contribution in [3.05, 3.63) is 29.8 Å². The quantitative estimate of drug-likeness (QED) is 0.609. The lowest BCUT2D eigenvalue weighted by atomic mass is 10.2. The lowest BCUT2D eigenvalue weighted by Crippen LogP contribution is -2.29. The molecule has 0 atom stereocenters. The average molecular weight is 311 g/mol. The number of benzene rings is 1. The van der Waals surface area contributed by atoms with Gasteiger partial charge in [0.25, 0.3) is 0 Å². The van der Waals surface area contributed by atoms with E-state index in [2.05, 4.69) is 5.32 Å². The van der Waals surface area contributed by atoms with E-state index in [0.717, 1.165) is 0 Å². The van der Waals surface area contributed by atoms with E-state index in [9.17, 15) is 14.4 Å². The molecule has 1 amide bonds. The summed E-state index contributed by atoms with van der Waals surface area (Å²) in [5.41, 5.74) is 0.648. The van der Waals surface area contributed by atoms with Gasteiger partial charge in [-0.15, -0.1) is 0 Å². The number of hydrogen-bond donors (Lipinski definition) is 2. The van der Waals surface area contributed by atoms with Gasteiger partial charge in [-0.05, 0) is 31.5 Å². The summed E-state index contributed by atoms with van der Waals surface area (Å²) in [5.74, 6) is -0.864. The summed E-state index contributed by atoms with van der Waals surface area (Å²) < 4.78 is 14.6. The van der Waals surface area contributed by atoms with E-state index in [1.54, 1.807) is 26.0 Å². The van der Waals surface area contributed by atoms with Crippen LogP contribution in [0.5, 0.6) is 5.75 Å². The molecule has 120 valence electrons. The van der Waals surface area contributed by atoms with Gasteiger partial charge in [0.15, 0.2) is 0 Å². The van der Waals surface area contributed by atoms with Crippen molar-refractivity contribution < 1.29 is 33.7 Å². The third kappa shape index (κ3) is 7.13. The van der Waals surface area contributed by atoms with Crippen LogP contribution in [0.4, 0.5) is 9.59 Å². The van der Waals surface area contributed by atoms with Crippen molar-refractivity contribution in [2.45, 2.75) is 26.6 Å². The highest BCUT2D eigenvalue weighted by Gasteiger charge is 2.09. The Morgan fingerprint density at radius 3 is 2.36 bits per heavy atom. The zero-order chi connectivity index (χ0) is 16.5. The van der Waals surface area contributed by atoms with E-state index < -0.39 is 24.8 Å². The Labute approximate surface area is 127 Å². The van der Waals surface area contributed by atoms with E-state index >= 15 is 0 Å². The van der Waals surface area contributed by atoms with Crippen molar-refractivity contribution in [1.82, 2.24) is 5.32 Å². The Morgan fingerprint density at radius 2 is 1.82 bits per heavy atom. The number of carbonyl (C=O) groups excluding carboxylic acids is 2. The number of carboxylic acid groups (broad SMARTS) is 1. The third-order valence-corrected chi connectivity index (χ3v) is 2.21. The van der Waals surface area contributed by atoms with Gasteiger partial charge in [-0.25, -0.2) is 9.59 Å². The molecule has 8 heteroatoms. The average Bonchev–Trinajstić information content (AvgIpc) is 2.43. The Balaban J connectivity index is 2.40. The van der Waals surface area contributed by atoms with Gasteiger partial charge in [-0.3, -0.25) is 4.79 Å². The highest BCUT2D eigenvalue weighted by atomic mass is 16.7. The molecule has 0 spiro atoms. The second-order valence-corrected chi connectivity index (χ2v) is 4.49. The molecule has 2 N–H and O–H groups in total. The lowest BCUT2D eigenvalue weighted by molar-refractivity contribution is -0.135. The number of nitrogens with one attached hydrogen (secondary N) is 1. The van der Waals surface area contributed by atoms with Crippen molar-refractivity contribution in [1.29, 1.82) is 0 Å². The molecule has 0 aliphatic rings. The SMILES string of the molecule is CC(C)OC(=O)Oc1ccc(COC(=O)NCC(=O)O)cc1. The van der Waals surface area contributed by atoms with Crippen molar-refractivity contribution in [3.63, 3.8) is 0 Å². The highest BCUT2D eigenvalue weighted by molar-refractivity contribution is 5.76. The number of ether oxygens (including phenoxy) is 3. The molecule has 0 radical (unpaired) electrons. The van der Waals surface area contributed by atoms with E-state index in [1.165, 1.54) is 12.1 Å². The van der Waals surface area contributed by atoms with Crippen molar-refractivity contribution in [2.24, 2.45) is 0 Å². The predicted octanol–water partition coefficient (Wildman–Crippen LogP) is 1.92. The minimum absolute atomic E-state index is 0.0395. The normalized spacial score (nSPS) is 9.95. The molecule has 8 nitrogen and oxygen atoms in total. The summed E-state index contributed by atoms with van der Waals surface area (Å²) in [7, 11) is 0. The summed E-state index contributed by atoms with van der Waals surface area (Å²) >= 11 is 0. The molecule has 0 fully saturated rings. The minimum Gasteiger partial charge on any atom is -0.480 e. The fraction of sp³-hybridized carbons (Fsp3) is 0.357. The summed E-state index contributed by atoms with van der Waals surface area (Å²) in [6, 6.07) is 6.25. The standard InChI is InChI=1S/C14H17NO7/c1-9(2)21-14(19)22-11-5-3-10(4-6-11)8-20-13(18)15-7-12(16)17/h3-6,9H,7-8H2,1-2H3,(H,15,18)(H,16,17). The number of amides is 1. The van der Waals surface area contributed by atoms with Gasteiger partial charge in [0.2, 0.25) is 0 Å². The first-order valence-corrected chi connectivity index (χ1v) is 6.46. The molecule has 1 rings (SSSR count). The van der Waals surface area contributed by atoms with Crippen LogP contribution >= 0.6 is 0 Å². The first-order valence-electron chi connectivity index (χ1n) is 6.46. The Bertz CT molecular complexity index is 524. The van der Waals surface area contributed by atoms with Crippen LogP contribution in [-0.4, -0.2) is 36.0 Å². The lowest BCUT2D eigenvalue weighted by Gasteiger charge is -2.09. The van der Waals surface area contributed by atoms with Gasteiger partial charge in [-0.2, -0.15) is 0 Å². The van der Waals surface area contributed by atoms with Crippen LogP contribution in [0.1, 0.15) is 19.4 Å². The van der Waals surface area contributed by atoms with Gasteiger partial charge in [0, 0.05) is 0 Å². The zero-order valence-corrected chi connectivity index (χ0v) is 12.2. The highest BCUT2D eigenvalue weighted by Crippen LogP contribution is 2.14. The van der Waals surface area contributed by atoms with Crippen LogP contribution in [-0.2, 0) is 20.9 Å². The van der Waals surface area contributed by atoms with Crippen LogP contribution in [0.25, 0.3) is 0 Å². The van der Waals surface area contributed by atoms with Crippen LogP contribution in [0.15, 0.2) is 24.3 Å². The largest absolute Gasteiger partial charge is 0.514 e. The first-order chi connectivity index (χ1) is 10.4. The molecular weight excluding hydrogens is 294 g/mol. The second kappa shape index (κ2) is 8.50. The van der Waals surface area contributed by atoms with E-state index in [1.807, 2.05) is 0 Å². The summed E-state index contributed by atoms with van der Waals surface area (Å²) in [4.78, 5) is 32.7. The minimum atomic E-state index is -1.16. The van der Waals surface area contributed by atoms with Crippen LogP contribution in [0.2, 0.25) is 0 Å². The molecule has 0 saturated carbocycles. The maximum absolute atomic E-state index is 11.3. The number of aliphatic carboxylic acids is 1. The Kier molecular flexibility index (Phi) is 6.68. The molecule has 0 heterocycles. The molecule has 0 aromatic heterocycles. The Hall–Kier alpha value is -2.77. The molecule has 1 aromatic rings. The summed E-state index contributed by atoms with van der Waals surface area (Å²) in [5, 5.41) is 10.4. The fourth-order valence-corrected chi connectivity index (χ4v) is 1.31. The van der Waals surface area contributed by atoms with Crippen molar-refractivity contribution in [2.75, 3.05) is 6.54 Å². The van der Waals surface area contributed by atoms with Gasteiger partial charge < -0.3 is 24.6 Å². The molecular formula is C14H17NO7. The molecule has 1 aromatic carbocycles. The van der Waals surface area contributed by atoms with Gasteiger partial charge >= 0.3 is 18.2 Å². The topological polar surface area (TPSA) is 111 Å². The van der Waals surface area contributed by atoms with Crippen LogP contribution < -0.4 is 10.1 Å². The monoisotopic (exact) mass is 311 g/mol. The van der Waals surface area contributed by atoms with E-state index in [0.29, 0.717) is 11.3 Å². The van der Waals surface area contributed by atoms with E-state index in [4.69, 9.17) is 19.3 Å². The second-order valence-electron chi connectivity index (χ2n) is 4.49. The number of carboxylic acids is 1. The maximum atomic E-state index is 11.3. The van der Waals surface area contributed by atoms with Gasteiger partial charge in [-0.1, -0.05) is 12.1 Å².